The van der Waals surface area contributed by atoms with Gasteiger partial charge in [0.15, 0.2) is 5.78 Å². The molecular formula is C44H48O2. The first kappa shape index (κ1) is 32.0. The lowest BCUT2D eigenvalue weighted by Crippen LogP contribution is -2.19. The number of hydrogen-bond donors (Lipinski definition) is 1. The fourth-order valence-corrected chi connectivity index (χ4v) is 7.77. The molecule has 1 aromatic rings. The molecule has 0 heterocycles. The molecule has 0 aliphatic heterocycles. The highest BCUT2D eigenvalue weighted by molar-refractivity contribution is 6.41. The zero-order chi connectivity index (χ0) is 33.6. The predicted molar refractivity (Wildman–Crippen MR) is 195 cm³/mol. The highest BCUT2D eigenvalue weighted by atomic mass is 16.3. The minimum atomic E-state index is -1.15. The van der Waals surface area contributed by atoms with Gasteiger partial charge in [-0.15, -0.1) is 0 Å². The van der Waals surface area contributed by atoms with Crippen LogP contribution in [0.2, 0.25) is 0 Å². The summed E-state index contributed by atoms with van der Waals surface area (Å²) in [5, 5.41) is 11.7. The molecule has 0 saturated heterocycles. The summed E-state index contributed by atoms with van der Waals surface area (Å²) in [5.41, 5.74) is 19.3. The van der Waals surface area contributed by atoms with Crippen LogP contribution in [-0.4, -0.2) is 10.9 Å². The predicted octanol–water partition coefficient (Wildman–Crippen LogP) is 11.7. The van der Waals surface area contributed by atoms with Crippen molar-refractivity contribution in [2.45, 2.75) is 101 Å². The molecule has 1 aromatic carbocycles. The maximum absolute atomic E-state index is 14.9. The molecule has 0 bridgehead atoms. The molecule has 0 aromatic heterocycles. The third kappa shape index (κ3) is 4.85. The van der Waals surface area contributed by atoms with E-state index in [0.717, 1.165) is 61.2 Å². The lowest BCUT2D eigenvalue weighted by atomic mass is 9.82. The van der Waals surface area contributed by atoms with Crippen LogP contribution >= 0.6 is 0 Å². The Kier molecular flexibility index (Phi) is 7.68. The summed E-state index contributed by atoms with van der Waals surface area (Å²) in [6.07, 6.45) is 0. The van der Waals surface area contributed by atoms with Gasteiger partial charge < -0.3 is 5.11 Å². The van der Waals surface area contributed by atoms with E-state index in [0.29, 0.717) is 11.8 Å². The van der Waals surface area contributed by atoms with E-state index in [-0.39, 0.29) is 5.78 Å². The number of carbonyl (C=O) groups excluding carboxylic acids is 1. The van der Waals surface area contributed by atoms with Crippen LogP contribution < -0.4 is 0 Å². The van der Waals surface area contributed by atoms with Gasteiger partial charge in [-0.3, -0.25) is 4.79 Å². The Morgan fingerprint density at radius 1 is 0.543 bits per heavy atom. The van der Waals surface area contributed by atoms with Crippen molar-refractivity contribution in [1.29, 1.82) is 0 Å². The Balaban J connectivity index is 1.62. The van der Waals surface area contributed by atoms with Crippen molar-refractivity contribution < 1.29 is 9.90 Å². The fraction of sp³-hybridized carbons (Fsp3) is 0.341. The zero-order valence-corrected chi connectivity index (χ0v) is 29.7. The van der Waals surface area contributed by atoms with E-state index >= 15 is 0 Å². The van der Waals surface area contributed by atoms with E-state index in [2.05, 4.69) is 124 Å². The van der Waals surface area contributed by atoms with Gasteiger partial charge in [0, 0.05) is 11.1 Å². The molecule has 1 N–H and O–H groups in total. The van der Waals surface area contributed by atoms with Gasteiger partial charge in [-0.1, -0.05) is 76.2 Å². The van der Waals surface area contributed by atoms with Crippen molar-refractivity contribution in [2.24, 2.45) is 0 Å². The first-order valence-electron chi connectivity index (χ1n) is 16.8. The summed E-state index contributed by atoms with van der Waals surface area (Å²) in [4.78, 5) is 14.9. The van der Waals surface area contributed by atoms with E-state index in [1.54, 1.807) is 0 Å². The number of carbonyl (C=O) groups is 1. The molecule has 0 saturated carbocycles. The van der Waals surface area contributed by atoms with Gasteiger partial charge >= 0.3 is 0 Å². The Hall–Kier alpha value is -4.01. The van der Waals surface area contributed by atoms with Gasteiger partial charge in [-0.2, -0.15) is 0 Å². The summed E-state index contributed by atoms with van der Waals surface area (Å²) in [6.45, 7) is 25.4. The molecule has 5 aliphatic carbocycles. The largest absolute Gasteiger partial charge is 0.386 e. The van der Waals surface area contributed by atoms with Crippen molar-refractivity contribution in [2.75, 3.05) is 0 Å². The maximum atomic E-state index is 14.9. The molecule has 0 unspecified atom stereocenters. The molecule has 0 atom stereocenters. The third-order valence-electron chi connectivity index (χ3n) is 10.5. The number of hydrogen-bond acceptors (Lipinski definition) is 2. The topological polar surface area (TPSA) is 37.3 Å². The zero-order valence-electron chi connectivity index (χ0n) is 29.7. The van der Waals surface area contributed by atoms with Crippen LogP contribution in [-0.2, 0) is 5.60 Å². The Bertz CT molecular complexity index is 2040. The van der Waals surface area contributed by atoms with Crippen molar-refractivity contribution in [3.63, 3.8) is 0 Å². The number of allylic oxidation sites excluding steroid dienone is 2. The highest BCUT2D eigenvalue weighted by Crippen LogP contribution is 2.52. The van der Waals surface area contributed by atoms with E-state index in [1.807, 2.05) is 13.8 Å². The molecule has 2 nitrogen and oxygen atoms in total. The van der Waals surface area contributed by atoms with Crippen LogP contribution in [0, 0.1) is 34.6 Å². The number of fused-ring (bicyclic) bond motifs is 3. The molecule has 6 rings (SSSR count). The van der Waals surface area contributed by atoms with Gasteiger partial charge in [-0.05, 0) is 168 Å². The Morgan fingerprint density at radius 3 is 1.50 bits per heavy atom. The van der Waals surface area contributed by atoms with Crippen molar-refractivity contribution >= 4 is 16.9 Å². The molecule has 0 amide bonds. The van der Waals surface area contributed by atoms with Crippen LogP contribution in [0.25, 0.3) is 44.5 Å². The van der Waals surface area contributed by atoms with Gasteiger partial charge in [0.2, 0.25) is 0 Å². The molecule has 236 valence electrons. The normalized spacial score (nSPS) is 13.7. The standard InChI is InChI=1S/C44H48O2/c1-22(2)30-15-13-24(5)38-32(19-30)26(7)17-35(38)34-21-37(44(11,12)46)41-29(10)40(43(45)42(41)28(34)9)36-18-27(8)33-20-31(23(3)4)16-14-25(6)39(33)36/h13-23,46H,1-12H3. The monoisotopic (exact) mass is 608 g/mol. The number of ketones is 1. The molecule has 0 fully saturated rings. The van der Waals surface area contributed by atoms with Gasteiger partial charge in [0.1, 0.15) is 0 Å². The number of benzene rings is 1. The Labute approximate surface area is 275 Å². The average Bonchev–Trinajstić information content (AvgIpc) is 3.43. The molecule has 2 heteroatoms. The first-order valence-corrected chi connectivity index (χ1v) is 16.8. The average molecular weight is 609 g/mol. The quantitative estimate of drug-likeness (QED) is 0.215. The SMILES string of the molecule is CC1=C(c2cc(C)c3cc(C(C)C)ccc(C)c2-3)C(=O)c2c(C)c(-c3cc(C)c4cc(C(C)C)ccc(C)c3-4)cc(C(C)(C)O)c21. The van der Waals surface area contributed by atoms with Crippen LogP contribution in [0.5, 0.6) is 0 Å². The molecule has 46 heavy (non-hydrogen) atoms. The summed E-state index contributed by atoms with van der Waals surface area (Å²) in [5.74, 6) is 0.872. The van der Waals surface area contributed by atoms with Crippen LogP contribution in [0.3, 0.4) is 0 Å². The molecule has 0 spiro atoms. The van der Waals surface area contributed by atoms with E-state index in [4.69, 9.17) is 0 Å². The summed E-state index contributed by atoms with van der Waals surface area (Å²) >= 11 is 0. The number of aryl methyl sites for hydroxylation is 4. The first-order chi connectivity index (χ1) is 21.5. The second-order valence-corrected chi connectivity index (χ2v) is 14.9. The van der Waals surface area contributed by atoms with Gasteiger partial charge in [0.05, 0.1) is 5.60 Å². The minimum absolute atomic E-state index is 0.0520. The second kappa shape index (κ2) is 11.1. The van der Waals surface area contributed by atoms with E-state index in [9.17, 15) is 9.90 Å². The van der Waals surface area contributed by atoms with Crippen molar-refractivity contribution in [3.8, 4) is 33.4 Å². The van der Waals surface area contributed by atoms with E-state index < -0.39 is 5.60 Å². The van der Waals surface area contributed by atoms with Crippen LogP contribution in [0.4, 0.5) is 0 Å². The maximum Gasteiger partial charge on any atom is 0.194 e. The Morgan fingerprint density at radius 2 is 1.02 bits per heavy atom. The van der Waals surface area contributed by atoms with Crippen LogP contribution in [0.1, 0.15) is 126 Å². The smallest absolute Gasteiger partial charge is 0.194 e. The lowest BCUT2D eigenvalue weighted by molar-refractivity contribution is 0.0783. The van der Waals surface area contributed by atoms with Crippen molar-refractivity contribution in [1.82, 2.24) is 0 Å². The van der Waals surface area contributed by atoms with Crippen molar-refractivity contribution in [3.05, 3.63) is 116 Å². The number of Topliss-reactive ketones (excluding diaryl/α,β-unsaturated/α-hetero) is 1. The number of aliphatic hydroxyl groups is 1. The minimum Gasteiger partial charge on any atom is -0.386 e. The summed E-state index contributed by atoms with van der Waals surface area (Å²) < 4.78 is 0. The lowest BCUT2D eigenvalue weighted by Gasteiger charge is -2.25. The van der Waals surface area contributed by atoms with Gasteiger partial charge in [-0.25, -0.2) is 0 Å². The molecule has 0 radical (unpaired) electrons. The third-order valence-corrected chi connectivity index (χ3v) is 10.5. The number of rotatable bonds is 5. The van der Waals surface area contributed by atoms with Crippen LogP contribution in [0.15, 0.2) is 54.6 Å². The highest BCUT2D eigenvalue weighted by Gasteiger charge is 2.38. The summed E-state index contributed by atoms with van der Waals surface area (Å²) in [6, 6.07) is 20.1. The fourth-order valence-electron chi connectivity index (χ4n) is 7.77. The summed E-state index contributed by atoms with van der Waals surface area (Å²) in [7, 11) is 0. The second-order valence-electron chi connectivity index (χ2n) is 14.9. The van der Waals surface area contributed by atoms with Gasteiger partial charge in [0.25, 0.3) is 0 Å². The molecule has 5 aliphatic rings. The molecular weight excluding hydrogens is 560 g/mol. The van der Waals surface area contributed by atoms with E-state index in [1.165, 1.54) is 44.5 Å².